The highest BCUT2D eigenvalue weighted by atomic mass is 15.4. The number of anilines is 1. The summed E-state index contributed by atoms with van der Waals surface area (Å²) >= 11 is 0. The van der Waals surface area contributed by atoms with Gasteiger partial charge in [-0.05, 0) is 76.2 Å². The molecule has 1 heterocycles. The van der Waals surface area contributed by atoms with Crippen LogP contribution in [0.15, 0.2) is 74.4 Å². The monoisotopic (exact) mass is 506 g/mol. The molecule has 4 nitrogen and oxygen atoms in total. The maximum absolute atomic E-state index is 3.97. The SMILES string of the molecule is C=CCCC(C=C)N(C)Cc1cc(N2CNC2)ccc1C=C.CC.CCCc1ccc(C)cc1.CNC. The van der Waals surface area contributed by atoms with E-state index in [0.29, 0.717) is 6.04 Å². The van der Waals surface area contributed by atoms with Crippen molar-refractivity contribution in [3.8, 4) is 0 Å². The third-order valence-corrected chi connectivity index (χ3v) is 5.90. The molecule has 0 spiro atoms. The standard InChI is InChI=1S/C19H27N3.C10H14.C2H7N.C2H6/c1-5-8-9-18(7-3)21(4)13-17-12-19(22-14-20-15-22)11-10-16(17)6-2;1-3-4-10-7-5-9(2)6-8-10;1-3-2;1-2/h5-7,10-12,18,20H,1-3,8-9,13-15H2,4H3;5-8H,3-4H2,1-2H3;3H,1-2H3;1-2H3. The minimum atomic E-state index is 0.366. The fourth-order valence-electron chi connectivity index (χ4n) is 3.77. The third kappa shape index (κ3) is 13.5. The van der Waals surface area contributed by atoms with Crippen LogP contribution in [0.1, 0.15) is 62.3 Å². The lowest BCUT2D eigenvalue weighted by atomic mass is 10.0. The fraction of sp³-hybridized carbons (Fsp3) is 0.455. The van der Waals surface area contributed by atoms with Gasteiger partial charge in [-0.3, -0.25) is 10.2 Å². The summed E-state index contributed by atoms with van der Waals surface area (Å²) in [4.78, 5) is 4.66. The zero-order valence-electron chi connectivity index (χ0n) is 24.8. The summed E-state index contributed by atoms with van der Waals surface area (Å²) in [5, 5.41) is 6.02. The highest BCUT2D eigenvalue weighted by Crippen LogP contribution is 2.24. The molecule has 1 unspecified atom stereocenters. The lowest BCUT2D eigenvalue weighted by Gasteiger charge is -2.35. The van der Waals surface area contributed by atoms with E-state index in [9.17, 15) is 0 Å². The van der Waals surface area contributed by atoms with E-state index < -0.39 is 0 Å². The van der Waals surface area contributed by atoms with Gasteiger partial charge in [0, 0.05) is 18.3 Å². The van der Waals surface area contributed by atoms with E-state index in [1.165, 1.54) is 40.8 Å². The molecule has 0 bridgehead atoms. The van der Waals surface area contributed by atoms with Gasteiger partial charge < -0.3 is 10.2 Å². The highest BCUT2D eigenvalue weighted by molar-refractivity contribution is 5.60. The minimum absolute atomic E-state index is 0.366. The van der Waals surface area contributed by atoms with Crippen LogP contribution in [-0.2, 0) is 13.0 Å². The number of hydrogen-bond donors (Lipinski definition) is 2. The molecule has 1 fully saturated rings. The molecule has 206 valence electrons. The van der Waals surface area contributed by atoms with Gasteiger partial charge in [-0.15, -0.1) is 13.2 Å². The molecule has 4 heteroatoms. The van der Waals surface area contributed by atoms with Gasteiger partial charge in [-0.2, -0.15) is 0 Å². The van der Waals surface area contributed by atoms with E-state index in [1.54, 1.807) is 0 Å². The first kappa shape index (κ1) is 34.3. The Morgan fingerprint density at radius 1 is 1.05 bits per heavy atom. The van der Waals surface area contributed by atoms with Crippen LogP contribution in [0.5, 0.6) is 0 Å². The molecule has 1 saturated heterocycles. The Hall–Kier alpha value is -2.66. The second-order valence-corrected chi connectivity index (χ2v) is 9.01. The summed E-state index contributed by atoms with van der Waals surface area (Å²) in [7, 11) is 5.90. The van der Waals surface area contributed by atoms with Crippen molar-refractivity contribution in [1.82, 2.24) is 15.5 Å². The van der Waals surface area contributed by atoms with Gasteiger partial charge in [-0.1, -0.05) is 87.9 Å². The van der Waals surface area contributed by atoms with Crippen LogP contribution < -0.4 is 15.5 Å². The first-order valence-electron chi connectivity index (χ1n) is 13.7. The molecule has 0 amide bonds. The summed E-state index contributed by atoms with van der Waals surface area (Å²) in [6.07, 6.45) is 10.5. The van der Waals surface area contributed by atoms with Crippen molar-refractivity contribution >= 4 is 11.8 Å². The zero-order valence-corrected chi connectivity index (χ0v) is 24.8. The molecule has 1 aliphatic heterocycles. The van der Waals surface area contributed by atoms with E-state index in [0.717, 1.165) is 32.7 Å². The fourth-order valence-corrected chi connectivity index (χ4v) is 3.77. The van der Waals surface area contributed by atoms with Gasteiger partial charge in [-0.25, -0.2) is 0 Å². The second kappa shape index (κ2) is 21.4. The third-order valence-electron chi connectivity index (χ3n) is 5.90. The highest BCUT2D eigenvalue weighted by Gasteiger charge is 2.16. The number of allylic oxidation sites excluding steroid dienone is 1. The van der Waals surface area contributed by atoms with E-state index in [4.69, 9.17) is 0 Å². The number of rotatable bonds is 11. The van der Waals surface area contributed by atoms with E-state index in [2.05, 4.69) is 104 Å². The van der Waals surface area contributed by atoms with Crippen molar-refractivity contribution < 1.29 is 0 Å². The minimum Gasteiger partial charge on any atom is -0.346 e. The average Bonchev–Trinajstić information content (AvgIpc) is 2.87. The molecule has 2 aromatic rings. The smallest absolute Gasteiger partial charge is 0.0708 e. The van der Waals surface area contributed by atoms with Crippen molar-refractivity contribution in [3.05, 3.63) is 96.6 Å². The summed E-state index contributed by atoms with van der Waals surface area (Å²) in [6.45, 7) is 22.8. The number of aryl methyl sites for hydroxylation is 2. The van der Waals surface area contributed by atoms with E-state index >= 15 is 0 Å². The lowest BCUT2D eigenvalue weighted by molar-refractivity contribution is 0.263. The molecular weight excluding hydrogens is 452 g/mol. The number of likely N-dealkylation sites (N-methyl/N-ethyl adjacent to an activating group) is 1. The van der Waals surface area contributed by atoms with E-state index in [-0.39, 0.29) is 0 Å². The van der Waals surface area contributed by atoms with Crippen LogP contribution >= 0.6 is 0 Å². The van der Waals surface area contributed by atoms with Gasteiger partial charge in [0.1, 0.15) is 0 Å². The molecule has 1 aliphatic rings. The number of hydrogen-bond acceptors (Lipinski definition) is 4. The molecule has 2 aromatic carbocycles. The molecule has 0 aliphatic carbocycles. The largest absolute Gasteiger partial charge is 0.346 e. The molecule has 3 rings (SSSR count). The van der Waals surface area contributed by atoms with Crippen LogP contribution in [0.2, 0.25) is 0 Å². The predicted octanol–water partition coefficient (Wildman–Crippen LogP) is 7.42. The Kier molecular flexibility index (Phi) is 19.9. The number of benzene rings is 2. The van der Waals surface area contributed by atoms with Crippen molar-refractivity contribution in [2.24, 2.45) is 0 Å². The molecule has 1 atom stereocenters. The van der Waals surface area contributed by atoms with Gasteiger partial charge in [0.2, 0.25) is 0 Å². The van der Waals surface area contributed by atoms with Crippen LogP contribution in [-0.4, -0.2) is 45.4 Å². The lowest BCUT2D eigenvalue weighted by Crippen LogP contribution is -2.52. The van der Waals surface area contributed by atoms with E-state index in [1.807, 2.05) is 46.2 Å². The molecule has 0 radical (unpaired) electrons. The summed E-state index contributed by atoms with van der Waals surface area (Å²) in [5.41, 5.74) is 6.59. The van der Waals surface area contributed by atoms with Gasteiger partial charge in [0.05, 0.1) is 13.3 Å². The van der Waals surface area contributed by atoms with Crippen molar-refractivity contribution in [2.45, 2.75) is 66.0 Å². The number of nitrogens with one attached hydrogen (secondary N) is 2. The average molecular weight is 507 g/mol. The Bertz CT molecular complexity index is 868. The summed E-state index contributed by atoms with van der Waals surface area (Å²) in [5.74, 6) is 0. The molecule has 0 aromatic heterocycles. The Labute approximate surface area is 229 Å². The Balaban J connectivity index is 0.000000717. The van der Waals surface area contributed by atoms with Crippen LogP contribution in [0.4, 0.5) is 5.69 Å². The van der Waals surface area contributed by atoms with Crippen LogP contribution in [0.25, 0.3) is 6.08 Å². The van der Waals surface area contributed by atoms with Gasteiger partial charge in [0.15, 0.2) is 0 Å². The Morgan fingerprint density at radius 2 is 1.68 bits per heavy atom. The summed E-state index contributed by atoms with van der Waals surface area (Å²) < 4.78 is 0. The topological polar surface area (TPSA) is 30.5 Å². The molecular formula is C33H54N4. The molecule has 37 heavy (non-hydrogen) atoms. The first-order chi connectivity index (χ1) is 17.9. The normalized spacial score (nSPS) is 12.4. The van der Waals surface area contributed by atoms with Crippen molar-refractivity contribution in [3.63, 3.8) is 0 Å². The van der Waals surface area contributed by atoms with Crippen LogP contribution in [0.3, 0.4) is 0 Å². The van der Waals surface area contributed by atoms with Crippen molar-refractivity contribution in [1.29, 1.82) is 0 Å². The van der Waals surface area contributed by atoms with Crippen LogP contribution in [0, 0.1) is 6.92 Å². The summed E-state index contributed by atoms with van der Waals surface area (Å²) in [6, 6.07) is 15.7. The van der Waals surface area contributed by atoms with Gasteiger partial charge >= 0.3 is 0 Å². The maximum Gasteiger partial charge on any atom is 0.0708 e. The second-order valence-electron chi connectivity index (χ2n) is 9.01. The van der Waals surface area contributed by atoms with Crippen molar-refractivity contribution in [2.75, 3.05) is 39.4 Å². The quantitative estimate of drug-likeness (QED) is 0.311. The predicted molar refractivity (Wildman–Crippen MR) is 168 cm³/mol. The maximum atomic E-state index is 3.97. The first-order valence-corrected chi connectivity index (χ1v) is 13.7. The number of nitrogens with zero attached hydrogens (tertiary/aromatic N) is 2. The molecule has 0 saturated carbocycles. The Morgan fingerprint density at radius 3 is 2.14 bits per heavy atom. The van der Waals surface area contributed by atoms with Gasteiger partial charge in [0.25, 0.3) is 0 Å². The zero-order chi connectivity index (χ0) is 28.1. The molecule has 2 N–H and O–H groups in total.